The van der Waals surface area contributed by atoms with Crippen molar-refractivity contribution in [1.82, 2.24) is 10.3 Å². The zero-order valence-corrected chi connectivity index (χ0v) is 14.8. The lowest BCUT2D eigenvalue weighted by Gasteiger charge is -2.27. The number of carbonyl (C=O) groups is 1. The molecule has 1 aromatic heterocycles. The van der Waals surface area contributed by atoms with Gasteiger partial charge < -0.3 is 10.2 Å². The van der Waals surface area contributed by atoms with E-state index in [1.54, 1.807) is 18.3 Å². The summed E-state index contributed by atoms with van der Waals surface area (Å²) in [5.41, 5.74) is 0.175. The van der Waals surface area contributed by atoms with Crippen LogP contribution in [0.5, 0.6) is 0 Å². The third-order valence-electron chi connectivity index (χ3n) is 4.04. The van der Waals surface area contributed by atoms with Gasteiger partial charge in [0.2, 0.25) is 0 Å². The second kappa shape index (κ2) is 7.07. The second-order valence-corrected chi connectivity index (χ2v) is 7.52. The summed E-state index contributed by atoms with van der Waals surface area (Å²) in [7, 11) is 1.96. The lowest BCUT2D eigenvalue weighted by Crippen LogP contribution is -3.09. The van der Waals surface area contributed by atoms with Crippen LogP contribution >= 0.6 is 11.3 Å². The van der Waals surface area contributed by atoms with E-state index in [4.69, 9.17) is 0 Å². The number of nitriles is 1. The highest BCUT2D eigenvalue weighted by Crippen LogP contribution is 2.20. The van der Waals surface area contributed by atoms with Crippen LogP contribution in [-0.2, 0) is 11.3 Å². The number of rotatable bonds is 6. The molecule has 1 amide bonds. The molecule has 23 heavy (non-hydrogen) atoms. The van der Waals surface area contributed by atoms with Crippen molar-refractivity contribution in [3.63, 3.8) is 0 Å². The number of quaternary nitrogens is 1. The summed E-state index contributed by atoms with van der Waals surface area (Å²) in [5.74, 6) is -0.0534. The van der Waals surface area contributed by atoms with Crippen LogP contribution in [0.15, 0.2) is 24.3 Å². The molecule has 2 atom stereocenters. The Balaban J connectivity index is 1.95. The van der Waals surface area contributed by atoms with Crippen LogP contribution in [-0.4, -0.2) is 30.0 Å². The van der Waals surface area contributed by atoms with E-state index in [-0.39, 0.29) is 11.8 Å². The highest BCUT2D eigenvalue weighted by Gasteiger charge is 2.30. The molecule has 122 valence electrons. The van der Waals surface area contributed by atoms with Gasteiger partial charge in [-0.1, -0.05) is 26.0 Å². The Hall–Kier alpha value is -1.97. The van der Waals surface area contributed by atoms with Gasteiger partial charge in [0.25, 0.3) is 5.91 Å². The molecule has 2 N–H and O–H groups in total. The quantitative estimate of drug-likeness (QED) is 0.840. The molecule has 2 rings (SSSR count). The number of hydrogen-bond acceptors (Lipinski definition) is 4. The molecule has 0 spiro atoms. The fourth-order valence-electron chi connectivity index (χ4n) is 2.23. The second-order valence-electron chi connectivity index (χ2n) is 6.40. The predicted octanol–water partition coefficient (Wildman–Crippen LogP) is 1.37. The Morgan fingerprint density at radius 2 is 2.17 bits per heavy atom. The van der Waals surface area contributed by atoms with Gasteiger partial charge in [0.05, 0.1) is 23.3 Å². The number of thiazole rings is 1. The molecule has 1 unspecified atom stereocenters. The zero-order chi connectivity index (χ0) is 17.0. The normalized spacial score (nSPS) is 15.1. The standard InChI is InChI=1S/C17H22N4OS/c1-12(2)17(3,11-18)20-15(22)9-21(4)10-16-19-13-7-5-6-8-14(13)23-16/h5-8,12H,9-10H2,1-4H3,(H,20,22)/p+1/t17-/m0/s1. The van der Waals surface area contributed by atoms with Crippen LogP contribution in [0.4, 0.5) is 0 Å². The molecule has 2 aromatic rings. The summed E-state index contributed by atoms with van der Waals surface area (Å²) < 4.78 is 1.16. The Labute approximate surface area is 140 Å². The first kappa shape index (κ1) is 17.4. The number of fused-ring (bicyclic) bond motifs is 1. The Morgan fingerprint density at radius 1 is 1.48 bits per heavy atom. The molecule has 0 saturated heterocycles. The van der Waals surface area contributed by atoms with E-state index in [2.05, 4.69) is 22.4 Å². The van der Waals surface area contributed by atoms with E-state index in [9.17, 15) is 10.1 Å². The van der Waals surface area contributed by atoms with Crippen molar-refractivity contribution in [1.29, 1.82) is 5.26 Å². The van der Waals surface area contributed by atoms with E-state index in [1.807, 2.05) is 39.1 Å². The number of nitrogens with one attached hydrogen (secondary N) is 2. The van der Waals surface area contributed by atoms with Gasteiger partial charge in [0, 0.05) is 0 Å². The maximum absolute atomic E-state index is 12.2. The third kappa shape index (κ3) is 4.27. The minimum Gasteiger partial charge on any atom is -0.333 e. The number of nitrogens with zero attached hydrogens (tertiary/aromatic N) is 2. The highest BCUT2D eigenvalue weighted by atomic mass is 32.1. The van der Waals surface area contributed by atoms with Gasteiger partial charge in [-0.15, -0.1) is 11.3 Å². The smallest absolute Gasteiger partial charge is 0.276 e. The molecular weight excluding hydrogens is 308 g/mol. The number of amides is 1. The lowest BCUT2D eigenvalue weighted by molar-refractivity contribution is -0.885. The molecule has 1 heterocycles. The minimum absolute atomic E-state index is 0.0565. The first-order chi connectivity index (χ1) is 10.8. The first-order valence-electron chi connectivity index (χ1n) is 7.72. The molecule has 0 saturated carbocycles. The number of carbonyl (C=O) groups excluding carboxylic acids is 1. The van der Waals surface area contributed by atoms with Crippen molar-refractivity contribution in [2.45, 2.75) is 32.9 Å². The molecule has 0 aliphatic heterocycles. The molecule has 0 aliphatic rings. The number of aromatic nitrogens is 1. The summed E-state index contributed by atoms with van der Waals surface area (Å²) in [5, 5.41) is 13.1. The molecule has 0 bridgehead atoms. The van der Waals surface area contributed by atoms with Crippen molar-refractivity contribution in [2.24, 2.45) is 5.92 Å². The van der Waals surface area contributed by atoms with Crippen molar-refractivity contribution < 1.29 is 9.69 Å². The highest BCUT2D eigenvalue weighted by molar-refractivity contribution is 7.18. The average molecular weight is 331 g/mol. The monoisotopic (exact) mass is 331 g/mol. The summed E-state index contributed by atoms with van der Waals surface area (Å²) >= 11 is 1.66. The average Bonchev–Trinajstić information content (AvgIpc) is 2.88. The Kier molecular flexibility index (Phi) is 5.34. The summed E-state index contributed by atoms with van der Waals surface area (Å²) in [6.07, 6.45) is 0. The van der Waals surface area contributed by atoms with Gasteiger partial charge >= 0.3 is 0 Å². The van der Waals surface area contributed by atoms with Crippen molar-refractivity contribution in [3.05, 3.63) is 29.3 Å². The molecule has 0 radical (unpaired) electrons. The van der Waals surface area contributed by atoms with Gasteiger partial charge in [-0.25, -0.2) is 4.98 Å². The summed E-state index contributed by atoms with van der Waals surface area (Å²) in [6, 6.07) is 10.2. The third-order valence-corrected chi connectivity index (χ3v) is 5.08. The topological polar surface area (TPSA) is 70.2 Å². The number of para-hydroxylation sites is 1. The maximum Gasteiger partial charge on any atom is 0.276 e. The van der Waals surface area contributed by atoms with Crippen LogP contribution in [0, 0.1) is 17.2 Å². The van der Waals surface area contributed by atoms with Gasteiger partial charge in [0.1, 0.15) is 17.1 Å². The number of hydrogen-bond donors (Lipinski definition) is 2. The summed E-state index contributed by atoms with van der Waals surface area (Å²) in [4.78, 5) is 17.8. The van der Waals surface area contributed by atoms with Gasteiger partial charge in [-0.3, -0.25) is 4.79 Å². The Bertz CT molecular complexity index is 701. The molecular formula is C17H23N4OS+. The fraction of sp³-hybridized carbons (Fsp3) is 0.471. The van der Waals surface area contributed by atoms with Crippen molar-refractivity contribution in [3.8, 4) is 6.07 Å². The molecule has 6 heteroatoms. The van der Waals surface area contributed by atoms with Gasteiger partial charge in [-0.05, 0) is 25.0 Å². The van der Waals surface area contributed by atoms with Crippen LogP contribution in [0.2, 0.25) is 0 Å². The van der Waals surface area contributed by atoms with Gasteiger partial charge in [-0.2, -0.15) is 5.26 Å². The van der Waals surface area contributed by atoms with E-state index in [0.29, 0.717) is 13.1 Å². The molecule has 5 nitrogen and oxygen atoms in total. The van der Waals surface area contributed by atoms with Gasteiger partial charge in [0.15, 0.2) is 6.54 Å². The van der Waals surface area contributed by atoms with Crippen LogP contribution < -0.4 is 10.2 Å². The fourth-order valence-corrected chi connectivity index (χ4v) is 3.31. The van der Waals surface area contributed by atoms with E-state index >= 15 is 0 Å². The summed E-state index contributed by atoms with van der Waals surface area (Å²) in [6.45, 7) is 6.64. The largest absolute Gasteiger partial charge is 0.333 e. The van der Waals surface area contributed by atoms with Crippen LogP contribution in [0.25, 0.3) is 10.2 Å². The van der Waals surface area contributed by atoms with E-state index in [0.717, 1.165) is 20.1 Å². The predicted molar refractivity (Wildman–Crippen MR) is 92.1 cm³/mol. The zero-order valence-electron chi connectivity index (χ0n) is 14.0. The van der Waals surface area contributed by atoms with E-state index < -0.39 is 5.54 Å². The maximum atomic E-state index is 12.2. The van der Waals surface area contributed by atoms with Crippen LogP contribution in [0.1, 0.15) is 25.8 Å². The lowest BCUT2D eigenvalue weighted by atomic mass is 9.90. The van der Waals surface area contributed by atoms with Crippen LogP contribution in [0.3, 0.4) is 0 Å². The minimum atomic E-state index is -0.826. The van der Waals surface area contributed by atoms with Crippen molar-refractivity contribution in [2.75, 3.05) is 13.6 Å². The molecule has 1 aromatic carbocycles. The Morgan fingerprint density at radius 3 is 2.78 bits per heavy atom. The number of benzene rings is 1. The SMILES string of the molecule is CC(C)[C@](C)(C#N)NC(=O)C[NH+](C)Cc1nc2ccccc2s1. The molecule has 0 fully saturated rings. The number of likely N-dealkylation sites (N-methyl/N-ethyl adjacent to an activating group) is 1. The van der Waals surface area contributed by atoms with Crippen molar-refractivity contribution >= 4 is 27.5 Å². The molecule has 0 aliphatic carbocycles. The van der Waals surface area contributed by atoms with E-state index in [1.165, 1.54) is 0 Å². The first-order valence-corrected chi connectivity index (χ1v) is 8.53.